The van der Waals surface area contributed by atoms with Crippen molar-refractivity contribution in [1.29, 1.82) is 0 Å². The monoisotopic (exact) mass is 663 g/mol. The minimum absolute atomic E-state index is 0.878. The highest BCUT2D eigenvalue weighted by Crippen LogP contribution is 2.47. The van der Waals surface area contributed by atoms with Gasteiger partial charge in [0.2, 0.25) is 0 Å². The van der Waals surface area contributed by atoms with Crippen molar-refractivity contribution in [2.45, 2.75) is 0 Å². The van der Waals surface area contributed by atoms with Gasteiger partial charge < -0.3 is 9.32 Å². The molecule has 0 aliphatic carbocycles. The second-order valence-electron chi connectivity index (χ2n) is 13.3. The molecule has 0 fully saturated rings. The van der Waals surface area contributed by atoms with Gasteiger partial charge in [0, 0.05) is 32.9 Å². The molecular formula is C50H33NO. The number of benzene rings is 9. The zero-order valence-corrected chi connectivity index (χ0v) is 28.4. The first-order chi connectivity index (χ1) is 25.8. The van der Waals surface area contributed by atoms with Crippen LogP contribution in [0.25, 0.3) is 76.9 Å². The fourth-order valence-corrected chi connectivity index (χ4v) is 7.75. The predicted molar refractivity (Wildman–Crippen MR) is 220 cm³/mol. The molecule has 10 aromatic rings. The lowest BCUT2D eigenvalue weighted by Gasteiger charge is -2.28. The summed E-state index contributed by atoms with van der Waals surface area (Å²) in [6.07, 6.45) is 0. The normalized spacial score (nSPS) is 11.5. The first-order valence-corrected chi connectivity index (χ1v) is 17.8. The molecule has 52 heavy (non-hydrogen) atoms. The second kappa shape index (κ2) is 12.5. The first-order valence-electron chi connectivity index (χ1n) is 17.8. The molecule has 244 valence electrons. The van der Waals surface area contributed by atoms with E-state index in [1.807, 2.05) is 0 Å². The van der Waals surface area contributed by atoms with Gasteiger partial charge in [-0.05, 0) is 86.6 Å². The first kappa shape index (κ1) is 30.0. The third kappa shape index (κ3) is 5.12. The summed E-state index contributed by atoms with van der Waals surface area (Å²) >= 11 is 0. The molecule has 0 unspecified atom stereocenters. The van der Waals surface area contributed by atoms with Gasteiger partial charge in [0.1, 0.15) is 11.2 Å². The van der Waals surface area contributed by atoms with Crippen molar-refractivity contribution in [3.05, 3.63) is 200 Å². The summed E-state index contributed by atoms with van der Waals surface area (Å²) in [5, 5.41) is 6.83. The summed E-state index contributed by atoms with van der Waals surface area (Å²) in [5.41, 5.74) is 12.1. The maximum absolute atomic E-state index is 6.81. The van der Waals surface area contributed by atoms with Crippen LogP contribution < -0.4 is 4.90 Å². The highest BCUT2D eigenvalue weighted by Gasteiger charge is 2.22. The number of hydrogen-bond acceptors (Lipinski definition) is 2. The largest absolute Gasteiger partial charge is 0.455 e. The van der Waals surface area contributed by atoms with Crippen LogP contribution in [0, 0.1) is 0 Å². The summed E-state index contributed by atoms with van der Waals surface area (Å²) in [5.74, 6) is 0. The zero-order valence-electron chi connectivity index (χ0n) is 28.4. The van der Waals surface area contributed by atoms with E-state index >= 15 is 0 Å². The zero-order chi connectivity index (χ0) is 34.4. The van der Waals surface area contributed by atoms with Gasteiger partial charge in [-0.25, -0.2) is 0 Å². The Labute approximate surface area is 302 Å². The molecule has 1 heterocycles. The van der Waals surface area contributed by atoms with E-state index in [0.717, 1.165) is 60.9 Å². The second-order valence-corrected chi connectivity index (χ2v) is 13.3. The molecule has 0 saturated carbocycles. The van der Waals surface area contributed by atoms with Crippen molar-refractivity contribution in [3.63, 3.8) is 0 Å². The average molecular weight is 664 g/mol. The standard InChI is InChI=1S/C50H33NO/c1-3-14-34(15-4-1)37-20-11-22-40(30-37)43-26-13-27-48-49(43)46-33-47(44-24-9-10-25-45(44)50(46)52-48)51(42-29-28-36-18-7-8-19-38(36)32-42)41-23-12-21-39(31-41)35-16-5-2-6-17-35/h1-33H. The fourth-order valence-electron chi connectivity index (χ4n) is 7.75. The summed E-state index contributed by atoms with van der Waals surface area (Å²) < 4.78 is 6.81. The van der Waals surface area contributed by atoms with Crippen LogP contribution in [-0.2, 0) is 0 Å². The Bertz CT molecular complexity index is 2910. The van der Waals surface area contributed by atoms with E-state index in [1.165, 1.54) is 33.0 Å². The Morgan fingerprint density at radius 3 is 1.73 bits per heavy atom. The quantitative estimate of drug-likeness (QED) is 0.176. The van der Waals surface area contributed by atoms with Crippen molar-refractivity contribution in [2.75, 3.05) is 4.90 Å². The van der Waals surface area contributed by atoms with Gasteiger partial charge in [-0.15, -0.1) is 0 Å². The van der Waals surface area contributed by atoms with Crippen LogP contribution in [0.2, 0.25) is 0 Å². The summed E-state index contributed by atoms with van der Waals surface area (Å²) in [4.78, 5) is 2.41. The maximum atomic E-state index is 6.81. The van der Waals surface area contributed by atoms with E-state index < -0.39 is 0 Å². The van der Waals surface area contributed by atoms with Crippen LogP contribution in [-0.4, -0.2) is 0 Å². The Hall–Kier alpha value is -6.90. The minimum atomic E-state index is 0.878. The van der Waals surface area contributed by atoms with Gasteiger partial charge >= 0.3 is 0 Å². The molecule has 10 rings (SSSR count). The van der Waals surface area contributed by atoms with Crippen LogP contribution in [0.1, 0.15) is 0 Å². The van der Waals surface area contributed by atoms with Crippen LogP contribution in [0.15, 0.2) is 205 Å². The van der Waals surface area contributed by atoms with E-state index in [9.17, 15) is 0 Å². The molecule has 0 atom stereocenters. The number of anilines is 3. The Balaban J connectivity index is 1.25. The lowest BCUT2D eigenvalue weighted by Crippen LogP contribution is -2.10. The molecule has 1 aromatic heterocycles. The van der Waals surface area contributed by atoms with Crippen molar-refractivity contribution < 1.29 is 4.42 Å². The minimum Gasteiger partial charge on any atom is -0.455 e. The van der Waals surface area contributed by atoms with Crippen LogP contribution in [0.3, 0.4) is 0 Å². The lowest BCUT2D eigenvalue weighted by molar-refractivity contribution is 0.673. The molecule has 0 aliphatic rings. The number of hydrogen-bond donors (Lipinski definition) is 0. The van der Waals surface area contributed by atoms with Gasteiger partial charge in [-0.3, -0.25) is 0 Å². The van der Waals surface area contributed by atoms with E-state index in [0.29, 0.717) is 0 Å². The summed E-state index contributed by atoms with van der Waals surface area (Å²) in [6.45, 7) is 0. The Kier molecular flexibility index (Phi) is 7.18. The van der Waals surface area contributed by atoms with E-state index in [1.54, 1.807) is 0 Å². The molecule has 0 amide bonds. The topological polar surface area (TPSA) is 16.4 Å². The third-order valence-corrected chi connectivity index (χ3v) is 10.2. The molecule has 0 saturated heterocycles. The van der Waals surface area contributed by atoms with E-state index in [2.05, 4.69) is 205 Å². The Morgan fingerprint density at radius 1 is 0.346 bits per heavy atom. The highest BCUT2D eigenvalue weighted by atomic mass is 16.3. The van der Waals surface area contributed by atoms with Gasteiger partial charge in [0.25, 0.3) is 0 Å². The molecule has 9 aromatic carbocycles. The van der Waals surface area contributed by atoms with Crippen molar-refractivity contribution >= 4 is 60.5 Å². The van der Waals surface area contributed by atoms with Gasteiger partial charge in [0.15, 0.2) is 0 Å². The molecule has 0 N–H and O–H groups in total. The van der Waals surface area contributed by atoms with Gasteiger partial charge in [0.05, 0.1) is 5.69 Å². The molecule has 2 heteroatoms. The average Bonchev–Trinajstić information content (AvgIpc) is 3.61. The predicted octanol–water partition coefficient (Wildman–Crippen LogP) is 14.4. The van der Waals surface area contributed by atoms with Gasteiger partial charge in [-0.1, -0.05) is 158 Å². The number of furan rings is 1. The molecule has 0 bridgehead atoms. The van der Waals surface area contributed by atoms with Crippen molar-refractivity contribution in [3.8, 4) is 33.4 Å². The maximum Gasteiger partial charge on any atom is 0.143 e. The highest BCUT2D eigenvalue weighted by molar-refractivity contribution is 6.22. The summed E-state index contributed by atoms with van der Waals surface area (Å²) in [7, 11) is 0. The SMILES string of the molecule is c1ccc(-c2cccc(-c3cccc4oc5c6ccccc6c(N(c6cccc(-c7ccccc7)c6)c6ccc7ccccc7c6)cc5c34)c2)cc1. The van der Waals surface area contributed by atoms with Crippen LogP contribution in [0.5, 0.6) is 0 Å². The van der Waals surface area contributed by atoms with Gasteiger partial charge in [-0.2, -0.15) is 0 Å². The van der Waals surface area contributed by atoms with Crippen LogP contribution >= 0.6 is 0 Å². The van der Waals surface area contributed by atoms with E-state index in [4.69, 9.17) is 4.42 Å². The number of nitrogens with zero attached hydrogens (tertiary/aromatic N) is 1. The van der Waals surface area contributed by atoms with Crippen molar-refractivity contribution in [1.82, 2.24) is 0 Å². The third-order valence-electron chi connectivity index (χ3n) is 10.2. The molecule has 2 nitrogen and oxygen atoms in total. The molecule has 0 spiro atoms. The molecule has 0 aliphatic heterocycles. The summed E-state index contributed by atoms with van der Waals surface area (Å²) in [6, 6.07) is 71.7. The molecular weight excluding hydrogens is 631 g/mol. The molecule has 0 radical (unpaired) electrons. The Morgan fingerprint density at radius 2 is 0.942 bits per heavy atom. The fraction of sp³-hybridized carbons (Fsp3) is 0. The van der Waals surface area contributed by atoms with Crippen molar-refractivity contribution in [2.24, 2.45) is 0 Å². The van der Waals surface area contributed by atoms with Crippen LogP contribution in [0.4, 0.5) is 17.1 Å². The number of rotatable bonds is 6. The van der Waals surface area contributed by atoms with E-state index in [-0.39, 0.29) is 0 Å². The lowest BCUT2D eigenvalue weighted by atomic mass is 9.94. The smallest absolute Gasteiger partial charge is 0.143 e. The number of fused-ring (bicyclic) bond motifs is 6.